The van der Waals surface area contributed by atoms with Gasteiger partial charge in [-0.1, -0.05) is 54.1 Å². The van der Waals surface area contributed by atoms with Crippen LogP contribution in [-0.2, 0) is 0 Å². The van der Waals surface area contributed by atoms with E-state index in [2.05, 4.69) is 6.58 Å². The Morgan fingerprint density at radius 1 is 1.19 bits per heavy atom. The molecule has 2 nitrogen and oxygen atoms in total. The summed E-state index contributed by atoms with van der Waals surface area (Å²) in [6.45, 7) is 4.36. The molecule has 0 saturated heterocycles. The van der Waals surface area contributed by atoms with Gasteiger partial charge in [0.25, 0.3) is 0 Å². The second-order valence-electron chi connectivity index (χ2n) is 4.98. The Bertz CT molecular complexity index is 713. The summed E-state index contributed by atoms with van der Waals surface area (Å²) >= 11 is 6.07. The molecule has 1 aliphatic rings. The second kappa shape index (κ2) is 5.80. The van der Waals surface area contributed by atoms with Crippen molar-refractivity contribution in [3.8, 4) is 0 Å². The Morgan fingerprint density at radius 2 is 2.00 bits per heavy atom. The first-order valence-electron chi connectivity index (χ1n) is 6.83. The van der Waals surface area contributed by atoms with Crippen LogP contribution in [0.15, 0.2) is 61.2 Å². The number of anilines is 1. The van der Waals surface area contributed by atoms with Crippen molar-refractivity contribution in [2.45, 2.75) is 0 Å². The average Bonchev–Trinajstić information content (AvgIpc) is 2.50. The van der Waals surface area contributed by atoms with E-state index in [1.54, 1.807) is 6.08 Å². The first kappa shape index (κ1) is 14.0. The van der Waals surface area contributed by atoms with Crippen molar-refractivity contribution in [1.29, 1.82) is 0 Å². The minimum Gasteiger partial charge on any atom is -0.428 e. The quantitative estimate of drug-likeness (QED) is 0.685. The summed E-state index contributed by atoms with van der Waals surface area (Å²) in [6, 6.07) is 15.6. The Balaban J connectivity index is 2.13. The van der Waals surface area contributed by atoms with Crippen molar-refractivity contribution < 1.29 is 5.02 Å². The highest BCUT2D eigenvalue weighted by molar-refractivity contribution is 6.78. The molecule has 0 amide bonds. The highest BCUT2D eigenvalue weighted by atomic mass is 35.5. The fraction of sp³-hybridized carbons (Fsp3) is 0.0588. The van der Waals surface area contributed by atoms with Crippen molar-refractivity contribution in [2.75, 3.05) is 11.4 Å². The van der Waals surface area contributed by atoms with Crippen LogP contribution in [0.5, 0.6) is 0 Å². The highest BCUT2D eigenvalue weighted by Crippen LogP contribution is 2.34. The molecule has 0 fully saturated rings. The maximum Gasteiger partial charge on any atom is 0.450 e. The maximum absolute atomic E-state index is 10.7. The Morgan fingerprint density at radius 3 is 2.76 bits per heavy atom. The zero-order chi connectivity index (χ0) is 14.8. The van der Waals surface area contributed by atoms with E-state index in [1.807, 2.05) is 59.4 Å². The average molecular weight is 296 g/mol. The molecule has 0 unspecified atom stereocenters. The molecular formula is C17H15BClNO. The number of para-hydroxylation sites is 1. The number of benzene rings is 2. The molecule has 1 N–H and O–H groups in total. The minimum absolute atomic E-state index is 0.579. The Kier molecular flexibility index (Phi) is 3.87. The number of nitrogens with zero attached hydrogens (tertiary/aromatic N) is 1. The molecule has 2 aromatic rings. The molecule has 21 heavy (non-hydrogen) atoms. The summed E-state index contributed by atoms with van der Waals surface area (Å²) in [5, 5.41) is 11.4. The maximum atomic E-state index is 10.7. The highest BCUT2D eigenvalue weighted by Gasteiger charge is 2.32. The fourth-order valence-corrected chi connectivity index (χ4v) is 2.84. The molecule has 1 heterocycles. The number of hydrogen-bond donors (Lipinski definition) is 1. The van der Waals surface area contributed by atoms with E-state index < -0.39 is 7.05 Å². The fourth-order valence-electron chi connectivity index (χ4n) is 2.65. The Labute approximate surface area is 130 Å². The molecule has 0 aliphatic carbocycles. The van der Waals surface area contributed by atoms with Crippen LogP contribution in [0.4, 0.5) is 5.69 Å². The van der Waals surface area contributed by atoms with E-state index in [-0.39, 0.29) is 0 Å². The number of fused-ring (bicyclic) bond motifs is 1. The predicted molar refractivity (Wildman–Crippen MR) is 91.3 cm³/mol. The van der Waals surface area contributed by atoms with E-state index in [1.165, 1.54) is 0 Å². The van der Waals surface area contributed by atoms with E-state index in [0.717, 1.165) is 22.3 Å². The Hall–Kier alpha value is -1.97. The van der Waals surface area contributed by atoms with Crippen molar-refractivity contribution in [3.63, 3.8) is 0 Å². The smallest absolute Gasteiger partial charge is 0.428 e. The van der Waals surface area contributed by atoms with Crippen molar-refractivity contribution in [2.24, 2.45) is 0 Å². The lowest BCUT2D eigenvalue weighted by molar-refractivity contribution is 0.580. The van der Waals surface area contributed by atoms with Gasteiger partial charge in [0.1, 0.15) is 0 Å². The minimum atomic E-state index is -0.712. The zero-order valence-corrected chi connectivity index (χ0v) is 12.3. The van der Waals surface area contributed by atoms with Crippen molar-refractivity contribution >= 4 is 35.9 Å². The van der Waals surface area contributed by atoms with Gasteiger partial charge in [0.15, 0.2) is 0 Å². The van der Waals surface area contributed by atoms with Gasteiger partial charge in [-0.15, -0.1) is 6.58 Å². The van der Waals surface area contributed by atoms with Crippen LogP contribution in [-0.4, -0.2) is 18.6 Å². The molecular weight excluding hydrogens is 280 g/mol. The first-order chi connectivity index (χ1) is 10.2. The molecule has 0 aromatic heterocycles. The lowest BCUT2D eigenvalue weighted by Gasteiger charge is -2.33. The molecule has 104 valence electrons. The summed E-state index contributed by atoms with van der Waals surface area (Å²) in [5.41, 5.74) is 3.87. The number of halogens is 1. The van der Waals surface area contributed by atoms with Crippen LogP contribution in [0.25, 0.3) is 11.5 Å². The zero-order valence-electron chi connectivity index (χ0n) is 11.5. The van der Waals surface area contributed by atoms with Gasteiger partial charge in [0.05, 0.1) is 0 Å². The van der Waals surface area contributed by atoms with Crippen molar-refractivity contribution in [1.82, 2.24) is 0 Å². The van der Waals surface area contributed by atoms with Crippen LogP contribution >= 0.6 is 11.6 Å². The van der Waals surface area contributed by atoms with Gasteiger partial charge in [0, 0.05) is 17.3 Å². The summed E-state index contributed by atoms with van der Waals surface area (Å²) < 4.78 is 0. The van der Waals surface area contributed by atoms with Gasteiger partial charge in [-0.3, -0.25) is 0 Å². The van der Waals surface area contributed by atoms with Gasteiger partial charge in [0.2, 0.25) is 0 Å². The molecule has 3 rings (SSSR count). The van der Waals surface area contributed by atoms with E-state index in [9.17, 15) is 5.02 Å². The molecule has 0 atom stereocenters. The van der Waals surface area contributed by atoms with Crippen LogP contribution in [0.2, 0.25) is 5.02 Å². The van der Waals surface area contributed by atoms with Crippen molar-refractivity contribution in [3.05, 3.63) is 77.3 Å². The number of hydrogen-bond acceptors (Lipinski definition) is 2. The molecule has 0 radical (unpaired) electrons. The van der Waals surface area contributed by atoms with Gasteiger partial charge in [-0.2, -0.15) is 0 Å². The summed E-state index contributed by atoms with van der Waals surface area (Å²) in [6.07, 6.45) is 3.81. The summed E-state index contributed by atoms with van der Waals surface area (Å²) in [7, 11) is -0.712. The third-order valence-electron chi connectivity index (χ3n) is 3.61. The molecule has 4 heteroatoms. The third-order valence-corrected chi connectivity index (χ3v) is 3.85. The van der Waals surface area contributed by atoms with Crippen LogP contribution in [0.1, 0.15) is 11.1 Å². The monoisotopic (exact) mass is 295 g/mol. The third kappa shape index (κ3) is 2.62. The van der Waals surface area contributed by atoms with Gasteiger partial charge in [-0.05, 0) is 34.8 Å². The first-order valence-corrected chi connectivity index (χ1v) is 7.20. The molecule has 0 bridgehead atoms. The standard InChI is InChI=1S/C17H15BClNO/c1-2-10-20-17-9-4-3-6-14(17)12-16(18(20)21)13-7-5-8-15(19)11-13/h2-9,11-12,21H,1,10H2. The van der Waals surface area contributed by atoms with E-state index in [0.29, 0.717) is 11.6 Å². The van der Waals surface area contributed by atoms with E-state index in [4.69, 9.17) is 11.6 Å². The van der Waals surface area contributed by atoms with Gasteiger partial charge < -0.3 is 9.83 Å². The van der Waals surface area contributed by atoms with Crippen LogP contribution in [0, 0.1) is 0 Å². The van der Waals surface area contributed by atoms with Gasteiger partial charge in [-0.25, -0.2) is 0 Å². The number of rotatable bonds is 3. The lowest BCUT2D eigenvalue weighted by atomic mass is 9.64. The molecule has 1 aliphatic heterocycles. The SMILES string of the molecule is C=CCN1B(O)C(c2cccc(Cl)c2)=Cc2ccccc21. The topological polar surface area (TPSA) is 23.5 Å². The van der Waals surface area contributed by atoms with Gasteiger partial charge >= 0.3 is 7.05 Å². The molecule has 0 saturated carbocycles. The lowest BCUT2D eigenvalue weighted by Crippen LogP contribution is -2.43. The predicted octanol–water partition coefficient (Wildman–Crippen LogP) is 3.91. The second-order valence-corrected chi connectivity index (χ2v) is 5.42. The summed E-state index contributed by atoms with van der Waals surface area (Å²) in [4.78, 5) is 1.93. The summed E-state index contributed by atoms with van der Waals surface area (Å²) in [5.74, 6) is 0. The van der Waals surface area contributed by atoms with E-state index >= 15 is 0 Å². The largest absolute Gasteiger partial charge is 0.450 e. The molecule has 0 spiro atoms. The van der Waals surface area contributed by atoms with Crippen LogP contribution in [0.3, 0.4) is 0 Å². The molecule has 2 aromatic carbocycles. The normalized spacial score (nSPS) is 13.7. The van der Waals surface area contributed by atoms with Crippen LogP contribution < -0.4 is 4.81 Å².